The molecule has 0 aliphatic rings. The highest BCUT2D eigenvalue weighted by Gasteiger charge is 2.08. The van der Waals surface area contributed by atoms with Crippen LogP contribution in [-0.4, -0.2) is 37.4 Å². The number of ether oxygens (including phenoxy) is 1. The fraction of sp³-hybridized carbons (Fsp3) is 0.417. The lowest BCUT2D eigenvalue weighted by molar-refractivity contribution is 0.0587. The molecular formula is C12H17BrN2O3. The zero-order chi connectivity index (χ0) is 13.5. The SMILES string of the molecule is COCC(O)CCNC(=O)c1ccc(Br)c(N)c1. The van der Waals surface area contributed by atoms with E-state index in [1.807, 2.05) is 0 Å². The first kappa shape index (κ1) is 14.9. The van der Waals surface area contributed by atoms with Gasteiger partial charge in [-0.25, -0.2) is 0 Å². The smallest absolute Gasteiger partial charge is 0.251 e. The van der Waals surface area contributed by atoms with Gasteiger partial charge in [0.15, 0.2) is 0 Å². The van der Waals surface area contributed by atoms with E-state index < -0.39 is 6.10 Å². The number of halogens is 1. The summed E-state index contributed by atoms with van der Waals surface area (Å²) in [6.07, 6.45) is -0.115. The Bertz CT molecular complexity index is 412. The number of aliphatic hydroxyl groups is 1. The zero-order valence-electron chi connectivity index (χ0n) is 10.1. The molecule has 18 heavy (non-hydrogen) atoms. The molecule has 5 nitrogen and oxygen atoms in total. The number of nitrogen functional groups attached to an aromatic ring is 1. The van der Waals surface area contributed by atoms with Crippen molar-refractivity contribution < 1.29 is 14.6 Å². The first-order valence-corrected chi connectivity index (χ1v) is 6.34. The number of methoxy groups -OCH3 is 1. The van der Waals surface area contributed by atoms with Crippen LogP contribution in [0.3, 0.4) is 0 Å². The molecule has 1 atom stereocenters. The van der Waals surface area contributed by atoms with Crippen molar-refractivity contribution in [1.82, 2.24) is 5.32 Å². The Balaban J connectivity index is 2.43. The molecule has 1 amide bonds. The Labute approximate surface area is 114 Å². The number of hydrogen-bond acceptors (Lipinski definition) is 4. The number of benzene rings is 1. The average molecular weight is 317 g/mol. The molecule has 0 heterocycles. The summed E-state index contributed by atoms with van der Waals surface area (Å²) in [6.45, 7) is 0.653. The van der Waals surface area contributed by atoms with E-state index in [0.29, 0.717) is 24.2 Å². The molecule has 0 aliphatic carbocycles. The van der Waals surface area contributed by atoms with Crippen LogP contribution >= 0.6 is 15.9 Å². The van der Waals surface area contributed by atoms with Crippen LogP contribution in [-0.2, 0) is 4.74 Å². The average Bonchev–Trinajstić information content (AvgIpc) is 2.33. The van der Waals surface area contributed by atoms with Crippen molar-refractivity contribution in [3.8, 4) is 0 Å². The van der Waals surface area contributed by atoms with Crippen LogP contribution in [0.4, 0.5) is 5.69 Å². The molecule has 0 aromatic heterocycles. The Hall–Kier alpha value is -1.11. The van der Waals surface area contributed by atoms with Gasteiger partial charge in [0.25, 0.3) is 5.91 Å². The van der Waals surface area contributed by atoms with E-state index >= 15 is 0 Å². The van der Waals surface area contributed by atoms with Crippen molar-refractivity contribution in [2.45, 2.75) is 12.5 Å². The zero-order valence-corrected chi connectivity index (χ0v) is 11.7. The number of carbonyl (C=O) groups excluding carboxylic acids is 1. The topological polar surface area (TPSA) is 84.6 Å². The molecular weight excluding hydrogens is 300 g/mol. The molecule has 0 aliphatic heterocycles. The number of hydrogen-bond donors (Lipinski definition) is 3. The second kappa shape index (κ2) is 7.35. The molecule has 1 aromatic carbocycles. The maximum atomic E-state index is 11.8. The molecule has 1 aromatic rings. The van der Waals surface area contributed by atoms with Crippen LogP contribution < -0.4 is 11.1 Å². The van der Waals surface area contributed by atoms with E-state index in [2.05, 4.69) is 21.2 Å². The molecule has 0 bridgehead atoms. The van der Waals surface area contributed by atoms with Crippen molar-refractivity contribution in [2.75, 3.05) is 26.0 Å². The summed E-state index contributed by atoms with van der Waals surface area (Å²) in [6, 6.07) is 5.01. The largest absolute Gasteiger partial charge is 0.398 e. The first-order valence-electron chi connectivity index (χ1n) is 5.54. The van der Waals surface area contributed by atoms with E-state index in [1.54, 1.807) is 18.2 Å². The molecule has 0 spiro atoms. The standard InChI is InChI=1S/C12H17BrN2O3/c1-18-7-9(16)4-5-15-12(17)8-2-3-10(13)11(14)6-8/h2-3,6,9,16H,4-5,7,14H2,1H3,(H,15,17). The quantitative estimate of drug-likeness (QED) is 0.688. The Kier molecular flexibility index (Phi) is 6.11. The van der Waals surface area contributed by atoms with Crippen LogP contribution in [0.1, 0.15) is 16.8 Å². The van der Waals surface area contributed by atoms with Gasteiger partial charge in [0.2, 0.25) is 0 Å². The Morgan fingerprint density at radius 1 is 1.61 bits per heavy atom. The Morgan fingerprint density at radius 2 is 2.33 bits per heavy atom. The minimum atomic E-state index is -0.565. The maximum Gasteiger partial charge on any atom is 0.251 e. The second-order valence-corrected chi connectivity index (χ2v) is 4.74. The van der Waals surface area contributed by atoms with Gasteiger partial charge >= 0.3 is 0 Å². The lowest BCUT2D eigenvalue weighted by Crippen LogP contribution is -2.28. The van der Waals surface area contributed by atoms with Crippen LogP contribution in [0, 0.1) is 0 Å². The number of carbonyl (C=O) groups is 1. The third kappa shape index (κ3) is 4.64. The molecule has 4 N–H and O–H groups in total. The highest BCUT2D eigenvalue weighted by atomic mass is 79.9. The van der Waals surface area contributed by atoms with Gasteiger partial charge in [0, 0.05) is 29.4 Å². The van der Waals surface area contributed by atoms with Crippen LogP contribution in [0.5, 0.6) is 0 Å². The van der Waals surface area contributed by atoms with Crippen molar-refractivity contribution in [2.24, 2.45) is 0 Å². The lowest BCUT2D eigenvalue weighted by Gasteiger charge is -2.10. The third-order valence-electron chi connectivity index (χ3n) is 2.38. The molecule has 1 unspecified atom stereocenters. The van der Waals surface area contributed by atoms with Gasteiger partial charge in [-0.3, -0.25) is 4.79 Å². The van der Waals surface area contributed by atoms with Crippen LogP contribution in [0.15, 0.2) is 22.7 Å². The van der Waals surface area contributed by atoms with Gasteiger partial charge in [0.05, 0.1) is 12.7 Å². The van der Waals surface area contributed by atoms with Gasteiger partial charge in [-0.2, -0.15) is 0 Å². The molecule has 1 rings (SSSR count). The summed E-state index contributed by atoms with van der Waals surface area (Å²) in [7, 11) is 1.52. The predicted molar refractivity (Wildman–Crippen MR) is 73.4 cm³/mol. The molecule has 100 valence electrons. The van der Waals surface area contributed by atoms with Crippen molar-refractivity contribution in [3.63, 3.8) is 0 Å². The van der Waals surface area contributed by atoms with E-state index in [-0.39, 0.29) is 12.5 Å². The van der Waals surface area contributed by atoms with E-state index in [0.717, 1.165) is 4.47 Å². The van der Waals surface area contributed by atoms with Crippen LogP contribution in [0.2, 0.25) is 0 Å². The number of aliphatic hydroxyl groups excluding tert-OH is 1. The number of nitrogens with one attached hydrogen (secondary N) is 1. The highest BCUT2D eigenvalue weighted by Crippen LogP contribution is 2.20. The van der Waals surface area contributed by atoms with E-state index in [9.17, 15) is 9.90 Å². The predicted octanol–water partition coefficient (Wildman–Crippen LogP) is 1.16. The number of anilines is 1. The van der Waals surface area contributed by atoms with Gasteiger partial charge in [-0.05, 0) is 40.5 Å². The van der Waals surface area contributed by atoms with Gasteiger partial charge in [-0.1, -0.05) is 0 Å². The van der Waals surface area contributed by atoms with Crippen LogP contribution in [0.25, 0.3) is 0 Å². The summed E-state index contributed by atoms with van der Waals surface area (Å²) < 4.78 is 5.55. The fourth-order valence-electron chi connectivity index (χ4n) is 1.42. The van der Waals surface area contributed by atoms with Crippen molar-refractivity contribution in [3.05, 3.63) is 28.2 Å². The number of nitrogens with two attached hydrogens (primary N) is 1. The minimum Gasteiger partial charge on any atom is -0.398 e. The second-order valence-electron chi connectivity index (χ2n) is 3.89. The Morgan fingerprint density at radius 3 is 2.94 bits per heavy atom. The van der Waals surface area contributed by atoms with E-state index in [1.165, 1.54) is 7.11 Å². The maximum absolute atomic E-state index is 11.8. The summed E-state index contributed by atoms with van der Waals surface area (Å²) >= 11 is 3.26. The highest BCUT2D eigenvalue weighted by molar-refractivity contribution is 9.10. The lowest BCUT2D eigenvalue weighted by atomic mass is 10.2. The molecule has 0 radical (unpaired) electrons. The van der Waals surface area contributed by atoms with E-state index in [4.69, 9.17) is 10.5 Å². The summed E-state index contributed by atoms with van der Waals surface area (Å²) in [5.74, 6) is -0.209. The number of amides is 1. The van der Waals surface area contributed by atoms with Gasteiger partial charge in [0.1, 0.15) is 0 Å². The van der Waals surface area contributed by atoms with Gasteiger partial charge in [-0.15, -0.1) is 0 Å². The minimum absolute atomic E-state index is 0.209. The third-order valence-corrected chi connectivity index (χ3v) is 3.10. The molecule has 0 saturated heterocycles. The molecule has 6 heteroatoms. The monoisotopic (exact) mass is 316 g/mol. The summed E-state index contributed by atoms with van der Waals surface area (Å²) in [5, 5.41) is 12.1. The molecule has 0 saturated carbocycles. The van der Waals surface area contributed by atoms with Crippen molar-refractivity contribution in [1.29, 1.82) is 0 Å². The summed E-state index contributed by atoms with van der Waals surface area (Å²) in [5.41, 5.74) is 6.70. The first-order chi connectivity index (χ1) is 8.54. The summed E-state index contributed by atoms with van der Waals surface area (Å²) in [4.78, 5) is 11.8. The van der Waals surface area contributed by atoms with Gasteiger partial charge < -0.3 is 20.9 Å². The molecule has 0 fully saturated rings. The normalized spacial score (nSPS) is 12.2. The number of rotatable bonds is 6. The fourth-order valence-corrected chi connectivity index (χ4v) is 1.66. The van der Waals surface area contributed by atoms with Crippen molar-refractivity contribution >= 4 is 27.5 Å².